The van der Waals surface area contributed by atoms with E-state index in [4.69, 9.17) is 4.42 Å². The lowest BCUT2D eigenvalue weighted by Crippen LogP contribution is -2.10. The summed E-state index contributed by atoms with van der Waals surface area (Å²) in [6.07, 6.45) is 0. The number of fused-ring (bicyclic) bond motifs is 7. The Bertz CT molecular complexity index is 3190. The summed E-state index contributed by atoms with van der Waals surface area (Å²) < 4.78 is 9.40. The average molecular weight is 720 g/mol. The molecule has 3 heteroatoms. The van der Waals surface area contributed by atoms with Gasteiger partial charge in [0, 0.05) is 42.5 Å². The number of anilines is 3. The summed E-state index contributed by atoms with van der Waals surface area (Å²) >= 11 is 1.85. The SMILES string of the molecule is c1ccc(-c2ccc(-c3ccc(N(c4ccc5sc6ccccc6c5c4)c4ccc(-c5ccc6ccccc6c5)c5oc6ccccc6c45)cc3)cc2)cc1. The summed E-state index contributed by atoms with van der Waals surface area (Å²) in [5.74, 6) is 0. The van der Waals surface area contributed by atoms with Gasteiger partial charge in [-0.2, -0.15) is 0 Å². The lowest BCUT2D eigenvalue weighted by Gasteiger charge is -2.27. The maximum atomic E-state index is 6.82. The van der Waals surface area contributed by atoms with Gasteiger partial charge in [-0.3, -0.25) is 0 Å². The molecule has 0 unspecified atom stereocenters. The van der Waals surface area contributed by atoms with E-state index in [0.717, 1.165) is 50.1 Å². The van der Waals surface area contributed by atoms with Crippen LogP contribution in [0, 0.1) is 0 Å². The zero-order chi connectivity index (χ0) is 36.3. The van der Waals surface area contributed by atoms with Gasteiger partial charge in [-0.05, 0) is 99.3 Å². The van der Waals surface area contributed by atoms with E-state index in [1.165, 1.54) is 53.2 Å². The highest BCUT2D eigenvalue weighted by atomic mass is 32.1. The van der Waals surface area contributed by atoms with Crippen LogP contribution >= 0.6 is 11.3 Å². The van der Waals surface area contributed by atoms with Gasteiger partial charge in [0.1, 0.15) is 11.2 Å². The van der Waals surface area contributed by atoms with Gasteiger partial charge in [-0.1, -0.05) is 140 Å². The fourth-order valence-corrected chi connectivity index (χ4v) is 9.24. The first-order valence-electron chi connectivity index (χ1n) is 18.7. The molecule has 11 aromatic rings. The Balaban J connectivity index is 1.10. The largest absolute Gasteiger partial charge is 0.455 e. The zero-order valence-electron chi connectivity index (χ0n) is 29.8. The number of hydrogen-bond donors (Lipinski definition) is 0. The highest BCUT2D eigenvalue weighted by Crippen LogP contribution is 2.48. The van der Waals surface area contributed by atoms with Gasteiger partial charge in [0.05, 0.1) is 11.1 Å². The molecule has 258 valence electrons. The van der Waals surface area contributed by atoms with Crippen molar-refractivity contribution in [1.82, 2.24) is 0 Å². The summed E-state index contributed by atoms with van der Waals surface area (Å²) in [5.41, 5.74) is 12.0. The maximum absolute atomic E-state index is 6.82. The van der Waals surface area contributed by atoms with Crippen molar-refractivity contribution in [3.05, 3.63) is 200 Å². The molecule has 0 N–H and O–H groups in total. The monoisotopic (exact) mass is 719 g/mol. The molecule has 2 nitrogen and oxygen atoms in total. The minimum absolute atomic E-state index is 0.875. The number of thiophene rings is 1. The van der Waals surface area contributed by atoms with E-state index < -0.39 is 0 Å². The van der Waals surface area contributed by atoms with Crippen molar-refractivity contribution in [3.8, 4) is 33.4 Å². The molecule has 0 atom stereocenters. The minimum Gasteiger partial charge on any atom is -0.455 e. The van der Waals surface area contributed by atoms with Crippen LogP contribution in [0.4, 0.5) is 17.1 Å². The van der Waals surface area contributed by atoms with E-state index in [0.29, 0.717) is 0 Å². The van der Waals surface area contributed by atoms with Crippen LogP contribution < -0.4 is 4.90 Å². The second-order valence-corrected chi connectivity index (χ2v) is 15.2. The van der Waals surface area contributed by atoms with Gasteiger partial charge < -0.3 is 9.32 Å². The topological polar surface area (TPSA) is 16.4 Å². The number of furan rings is 1. The standard InChI is InChI=1S/C52H33NOS/c1-2-10-34(11-3-1)36-18-20-37(21-19-36)38-24-26-41(27-25-38)53(42-28-31-50-46(33-42)44-14-7-9-17-49(44)55-50)47-30-29-43(40-23-22-35-12-4-5-13-39(35)32-40)52-51(47)45-15-6-8-16-48(45)54-52/h1-33H. The van der Waals surface area contributed by atoms with Gasteiger partial charge >= 0.3 is 0 Å². The number of rotatable bonds is 6. The van der Waals surface area contributed by atoms with Gasteiger partial charge in [0.25, 0.3) is 0 Å². The molecule has 0 radical (unpaired) electrons. The zero-order valence-corrected chi connectivity index (χ0v) is 30.6. The predicted molar refractivity (Wildman–Crippen MR) is 235 cm³/mol. The molecule has 2 aromatic heterocycles. The molecule has 0 saturated heterocycles. The van der Waals surface area contributed by atoms with Gasteiger partial charge in [-0.15, -0.1) is 11.3 Å². The molecule has 0 amide bonds. The predicted octanol–water partition coefficient (Wildman–Crippen LogP) is 15.6. The van der Waals surface area contributed by atoms with Crippen molar-refractivity contribution in [2.75, 3.05) is 4.90 Å². The van der Waals surface area contributed by atoms with Crippen molar-refractivity contribution in [2.45, 2.75) is 0 Å². The number of benzene rings is 9. The Morgan fingerprint density at radius 1 is 0.382 bits per heavy atom. The number of nitrogens with zero attached hydrogens (tertiary/aromatic N) is 1. The quantitative estimate of drug-likeness (QED) is 0.170. The fraction of sp³-hybridized carbons (Fsp3) is 0. The Hall–Kier alpha value is -6.94. The van der Waals surface area contributed by atoms with Crippen LogP contribution in [0.2, 0.25) is 0 Å². The highest BCUT2D eigenvalue weighted by molar-refractivity contribution is 7.25. The van der Waals surface area contributed by atoms with Crippen LogP contribution in [-0.2, 0) is 0 Å². The lowest BCUT2D eigenvalue weighted by atomic mass is 9.97. The Kier molecular flexibility index (Phi) is 7.39. The van der Waals surface area contributed by atoms with Crippen LogP contribution in [0.25, 0.3) is 86.3 Å². The van der Waals surface area contributed by atoms with E-state index in [1.807, 2.05) is 11.3 Å². The molecular formula is C52H33NOS. The second kappa shape index (κ2) is 12.9. The minimum atomic E-state index is 0.875. The van der Waals surface area contributed by atoms with Crippen molar-refractivity contribution in [3.63, 3.8) is 0 Å². The fourth-order valence-electron chi connectivity index (χ4n) is 8.15. The van der Waals surface area contributed by atoms with Gasteiger partial charge in [-0.25, -0.2) is 0 Å². The molecule has 2 heterocycles. The van der Waals surface area contributed by atoms with Crippen LogP contribution in [0.5, 0.6) is 0 Å². The third kappa shape index (κ3) is 5.40. The second-order valence-electron chi connectivity index (χ2n) is 14.1. The van der Waals surface area contributed by atoms with Crippen molar-refractivity contribution in [2.24, 2.45) is 0 Å². The van der Waals surface area contributed by atoms with E-state index >= 15 is 0 Å². The molecule has 0 bridgehead atoms. The van der Waals surface area contributed by atoms with Crippen LogP contribution in [0.1, 0.15) is 0 Å². The third-order valence-corrected chi connectivity index (χ3v) is 12.0. The molecule has 0 aliphatic carbocycles. The summed E-state index contributed by atoms with van der Waals surface area (Å²) in [6.45, 7) is 0. The van der Waals surface area contributed by atoms with Crippen LogP contribution in [0.15, 0.2) is 205 Å². The molecule has 0 aliphatic rings. The summed E-state index contributed by atoms with van der Waals surface area (Å²) in [4.78, 5) is 2.41. The van der Waals surface area contributed by atoms with Gasteiger partial charge in [0.2, 0.25) is 0 Å². The summed E-state index contributed by atoms with van der Waals surface area (Å²) in [6, 6.07) is 72.2. The summed E-state index contributed by atoms with van der Waals surface area (Å²) in [7, 11) is 0. The summed E-state index contributed by atoms with van der Waals surface area (Å²) in [5, 5.41) is 7.17. The first-order chi connectivity index (χ1) is 27.2. The molecule has 11 rings (SSSR count). The Morgan fingerprint density at radius 3 is 1.78 bits per heavy atom. The lowest BCUT2D eigenvalue weighted by molar-refractivity contribution is 0.670. The van der Waals surface area contributed by atoms with Crippen LogP contribution in [0.3, 0.4) is 0 Å². The van der Waals surface area contributed by atoms with E-state index in [9.17, 15) is 0 Å². The first-order valence-corrected chi connectivity index (χ1v) is 19.5. The van der Waals surface area contributed by atoms with Crippen molar-refractivity contribution in [1.29, 1.82) is 0 Å². The molecular weight excluding hydrogens is 687 g/mol. The third-order valence-electron chi connectivity index (χ3n) is 10.9. The molecule has 9 aromatic carbocycles. The maximum Gasteiger partial charge on any atom is 0.145 e. The smallest absolute Gasteiger partial charge is 0.145 e. The van der Waals surface area contributed by atoms with E-state index in [2.05, 4.69) is 205 Å². The molecule has 0 aliphatic heterocycles. The molecule has 0 spiro atoms. The van der Waals surface area contributed by atoms with E-state index in [1.54, 1.807) is 0 Å². The highest BCUT2D eigenvalue weighted by Gasteiger charge is 2.23. The molecule has 55 heavy (non-hydrogen) atoms. The van der Waals surface area contributed by atoms with Crippen molar-refractivity contribution < 1.29 is 4.42 Å². The van der Waals surface area contributed by atoms with Crippen LogP contribution in [-0.4, -0.2) is 0 Å². The van der Waals surface area contributed by atoms with E-state index in [-0.39, 0.29) is 0 Å². The number of hydrogen-bond acceptors (Lipinski definition) is 3. The van der Waals surface area contributed by atoms with Crippen molar-refractivity contribution >= 4 is 81.3 Å². The Morgan fingerprint density at radius 2 is 0.982 bits per heavy atom. The molecule has 0 fully saturated rings. The van der Waals surface area contributed by atoms with Gasteiger partial charge in [0.15, 0.2) is 0 Å². The normalized spacial score (nSPS) is 11.6. The first kappa shape index (κ1) is 31.6. The number of para-hydroxylation sites is 1. The Labute approximate surface area is 322 Å². The average Bonchev–Trinajstić information content (AvgIpc) is 3.83. The molecule has 0 saturated carbocycles.